The fourth-order valence-electron chi connectivity index (χ4n) is 2.87. The van der Waals surface area contributed by atoms with Gasteiger partial charge in [-0.25, -0.2) is 9.69 Å². The van der Waals surface area contributed by atoms with Crippen LogP contribution in [0.25, 0.3) is 6.08 Å². The lowest BCUT2D eigenvalue weighted by atomic mass is 10.1. The van der Waals surface area contributed by atoms with Gasteiger partial charge in [-0.3, -0.25) is 14.9 Å². The predicted octanol–water partition coefficient (Wildman–Crippen LogP) is 5.71. The van der Waals surface area contributed by atoms with E-state index in [1.807, 2.05) is 31.2 Å². The number of benzene rings is 2. The normalized spacial score (nSPS) is 15.5. The molecule has 1 saturated heterocycles. The summed E-state index contributed by atoms with van der Waals surface area (Å²) in [7, 11) is 0. The van der Waals surface area contributed by atoms with Gasteiger partial charge in [0, 0.05) is 9.92 Å². The van der Waals surface area contributed by atoms with E-state index < -0.39 is 17.8 Å². The number of nitrogens with one attached hydrogen (secondary N) is 1. The Kier molecular flexibility index (Phi) is 5.91. The molecule has 6 nitrogen and oxygen atoms in total. The average Bonchev–Trinajstić information content (AvgIpc) is 3.15. The zero-order valence-corrected chi connectivity index (χ0v) is 18.3. The fourth-order valence-corrected chi connectivity index (χ4v) is 4.14. The quantitative estimate of drug-likeness (QED) is 0.388. The molecule has 9 heteroatoms. The maximum absolute atomic E-state index is 13.0. The zero-order valence-electron chi connectivity index (χ0n) is 16.0. The lowest BCUT2D eigenvalue weighted by molar-refractivity contribution is -0.122. The number of imide groups is 2. The van der Waals surface area contributed by atoms with Crippen molar-refractivity contribution in [2.24, 2.45) is 0 Å². The van der Waals surface area contributed by atoms with Crippen LogP contribution in [0.3, 0.4) is 0 Å². The molecule has 4 rings (SSSR count). The van der Waals surface area contributed by atoms with E-state index in [2.05, 4.69) is 5.32 Å². The molecule has 3 aromatic rings. The number of furan rings is 1. The number of nitrogens with zero attached hydrogens (tertiary/aromatic N) is 1. The zero-order chi connectivity index (χ0) is 22.1. The van der Waals surface area contributed by atoms with Crippen molar-refractivity contribution in [1.29, 1.82) is 0 Å². The van der Waals surface area contributed by atoms with Crippen LogP contribution in [0.1, 0.15) is 11.3 Å². The summed E-state index contributed by atoms with van der Waals surface area (Å²) in [6.07, 6.45) is 1.29. The highest BCUT2D eigenvalue weighted by atomic mass is 35.5. The van der Waals surface area contributed by atoms with Gasteiger partial charge in [0.25, 0.3) is 11.8 Å². The highest BCUT2D eigenvalue weighted by molar-refractivity contribution is 7.99. The second-order valence-electron chi connectivity index (χ2n) is 6.63. The van der Waals surface area contributed by atoms with Crippen molar-refractivity contribution >= 4 is 64.6 Å². The van der Waals surface area contributed by atoms with Crippen molar-refractivity contribution in [1.82, 2.24) is 5.32 Å². The molecule has 2 heterocycles. The van der Waals surface area contributed by atoms with Crippen LogP contribution in [0.15, 0.2) is 74.6 Å². The third-order valence-corrected chi connectivity index (χ3v) is 5.85. The lowest BCUT2D eigenvalue weighted by Crippen LogP contribution is -2.54. The second-order valence-corrected chi connectivity index (χ2v) is 8.55. The van der Waals surface area contributed by atoms with Gasteiger partial charge in [0.15, 0.2) is 5.09 Å². The van der Waals surface area contributed by atoms with Crippen molar-refractivity contribution in [2.75, 3.05) is 4.90 Å². The molecule has 0 saturated carbocycles. The standard InChI is InChI=1S/C22H14Cl2N2O4S/c1-12-2-6-15(7-3-12)31-19-9-5-14(30-19)11-16-20(27)25-22(29)26(21(16)28)18-8-4-13(23)10-17(18)24/h2-11H,1H3,(H,25,27,29)/b16-11+. The Bertz CT molecular complexity index is 1230. The number of urea groups is 1. The van der Waals surface area contributed by atoms with Crippen LogP contribution in [0.2, 0.25) is 10.0 Å². The Morgan fingerprint density at radius 2 is 1.74 bits per heavy atom. The van der Waals surface area contributed by atoms with Gasteiger partial charge in [0.2, 0.25) is 0 Å². The van der Waals surface area contributed by atoms with Crippen LogP contribution in [-0.4, -0.2) is 17.8 Å². The molecule has 0 unspecified atom stereocenters. The first kappa shape index (κ1) is 21.2. The van der Waals surface area contributed by atoms with E-state index in [0.29, 0.717) is 15.9 Å². The Morgan fingerprint density at radius 1 is 1.00 bits per heavy atom. The Morgan fingerprint density at radius 3 is 2.45 bits per heavy atom. The van der Waals surface area contributed by atoms with Crippen molar-refractivity contribution in [2.45, 2.75) is 16.9 Å². The van der Waals surface area contributed by atoms with E-state index in [1.54, 1.807) is 12.1 Å². The van der Waals surface area contributed by atoms with Crippen LogP contribution in [0.5, 0.6) is 0 Å². The molecule has 0 radical (unpaired) electrons. The van der Waals surface area contributed by atoms with Crippen LogP contribution >= 0.6 is 35.0 Å². The summed E-state index contributed by atoms with van der Waals surface area (Å²) >= 11 is 13.4. The molecule has 2 aromatic carbocycles. The molecule has 1 fully saturated rings. The first-order valence-electron chi connectivity index (χ1n) is 9.03. The number of anilines is 1. The van der Waals surface area contributed by atoms with Crippen molar-refractivity contribution in [3.05, 3.63) is 81.5 Å². The minimum Gasteiger partial charge on any atom is -0.450 e. The van der Waals surface area contributed by atoms with Crippen LogP contribution < -0.4 is 10.2 Å². The maximum atomic E-state index is 13.0. The highest BCUT2D eigenvalue weighted by Gasteiger charge is 2.38. The molecule has 0 spiro atoms. The topological polar surface area (TPSA) is 79.6 Å². The number of hydrogen-bond acceptors (Lipinski definition) is 5. The van der Waals surface area contributed by atoms with Crippen LogP contribution in [-0.2, 0) is 9.59 Å². The SMILES string of the molecule is Cc1ccc(Sc2ccc(/C=C3\C(=O)NC(=O)N(c4ccc(Cl)cc4Cl)C3=O)o2)cc1. The van der Waals surface area contributed by atoms with Crippen molar-refractivity contribution in [3.8, 4) is 0 Å². The van der Waals surface area contributed by atoms with Gasteiger partial charge in [-0.15, -0.1) is 0 Å². The maximum Gasteiger partial charge on any atom is 0.335 e. The van der Waals surface area contributed by atoms with Crippen molar-refractivity contribution in [3.63, 3.8) is 0 Å². The van der Waals surface area contributed by atoms with E-state index in [0.717, 1.165) is 15.4 Å². The van der Waals surface area contributed by atoms with Gasteiger partial charge in [-0.2, -0.15) is 0 Å². The summed E-state index contributed by atoms with van der Waals surface area (Å²) in [5.41, 5.74) is 1.00. The first-order chi connectivity index (χ1) is 14.8. The second kappa shape index (κ2) is 8.63. The number of aryl methyl sites for hydroxylation is 1. The van der Waals surface area contributed by atoms with E-state index >= 15 is 0 Å². The largest absolute Gasteiger partial charge is 0.450 e. The molecule has 1 aromatic heterocycles. The third-order valence-electron chi connectivity index (χ3n) is 4.38. The summed E-state index contributed by atoms with van der Waals surface area (Å²) < 4.78 is 5.73. The van der Waals surface area contributed by atoms with Crippen molar-refractivity contribution < 1.29 is 18.8 Å². The van der Waals surface area contributed by atoms with Gasteiger partial charge in [-0.05, 0) is 55.5 Å². The van der Waals surface area contributed by atoms with Gasteiger partial charge in [-0.1, -0.05) is 52.7 Å². The number of amides is 4. The van der Waals surface area contributed by atoms with Crippen LogP contribution in [0, 0.1) is 6.92 Å². The third kappa shape index (κ3) is 4.54. The number of halogens is 2. The highest BCUT2D eigenvalue weighted by Crippen LogP contribution is 2.33. The smallest absolute Gasteiger partial charge is 0.335 e. The number of carbonyl (C=O) groups is 3. The fraction of sp³-hybridized carbons (Fsp3) is 0.0455. The number of hydrogen-bond donors (Lipinski definition) is 1. The molecular weight excluding hydrogens is 459 g/mol. The summed E-state index contributed by atoms with van der Waals surface area (Å²) in [4.78, 5) is 39.4. The van der Waals surface area contributed by atoms with E-state index in [1.165, 1.54) is 36.0 Å². The van der Waals surface area contributed by atoms with Gasteiger partial charge in [0.05, 0.1) is 10.7 Å². The molecule has 0 aliphatic carbocycles. The Hall–Kier alpha value is -3.00. The summed E-state index contributed by atoms with van der Waals surface area (Å²) in [6.45, 7) is 2.00. The molecule has 1 aliphatic rings. The molecule has 156 valence electrons. The molecule has 1 aliphatic heterocycles. The van der Waals surface area contributed by atoms with Gasteiger partial charge in [0.1, 0.15) is 11.3 Å². The first-order valence-corrected chi connectivity index (χ1v) is 10.6. The van der Waals surface area contributed by atoms with E-state index in [-0.39, 0.29) is 16.3 Å². The summed E-state index contributed by atoms with van der Waals surface area (Å²) in [5, 5.41) is 3.18. The van der Waals surface area contributed by atoms with Gasteiger partial charge < -0.3 is 4.42 Å². The minimum atomic E-state index is -0.897. The molecule has 0 atom stereocenters. The molecular formula is C22H14Cl2N2O4S. The molecule has 1 N–H and O–H groups in total. The van der Waals surface area contributed by atoms with Gasteiger partial charge >= 0.3 is 6.03 Å². The monoisotopic (exact) mass is 472 g/mol. The molecule has 4 amide bonds. The predicted molar refractivity (Wildman–Crippen MR) is 119 cm³/mol. The Balaban J connectivity index is 1.61. The lowest BCUT2D eigenvalue weighted by Gasteiger charge is -2.26. The Labute approximate surface area is 191 Å². The molecule has 0 bridgehead atoms. The minimum absolute atomic E-state index is 0.0967. The number of barbiturate groups is 1. The molecule has 31 heavy (non-hydrogen) atoms. The van der Waals surface area contributed by atoms with E-state index in [9.17, 15) is 14.4 Å². The average molecular weight is 473 g/mol. The van der Waals surface area contributed by atoms with E-state index in [4.69, 9.17) is 27.6 Å². The summed E-state index contributed by atoms with van der Waals surface area (Å²) in [6, 6.07) is 14.7. The number of carbonyl (C=O) groups excluding carboxylic acids is 3. The number of rotatable bonds is 4. The van der Waals surface area contributed by atoms with Crippen LogP contribution in [0.4, 0.5) is 10.5 Å². The summed E-state index contributed by atoms with van der Waals surface area (Å²) in [5.74, 6) is -1.34.